The van der Waals surface area contributed by atoms with Crippen LogP contribution in [0.15, 0.2) is 53.4 Å². The Morgan fingerprint density at radius 1 is 1.14 bits per heavy atom. The molecule has 9 heteroatoms. The minimum atomic E-state index is -3.96. The maximum absolute atomic E-state index is 12.4. The summed E-state index contributed by atoms with van der Waals surface area (Å²) in [5.74, 6) is -0.396. The fourth-order valence-corrected chi connectivity index (χ4v) is 3.42. The number of hydrogen-bond donors (Lipinski definition) is 1. The van der Waals surface area contributed by atoms with Gasteiger partial charge in [-0.2, -0.15) is 0 Å². The average Bonchev–Trinajstić information content (AvgIpc) is 2.47. The molecule has 0 aromatic heterocycles. The summed E-state index contributed by atoms with van der Waals surface area (Å²) in [5.41, 5.74) is -0.698. The van der Waals surface area contributed by atoms with E-state index in [1.54, 1.807) is 30.3 Å². The molecule has 0 aliphatic rings. The first-order chi connectivity index (χ1) is 10.3. The van der Waals surface area contributed by atoms with Crippen LogP contribution in [0.5, 0.6) is 0 Å². The molecule has 0 atom stereocenters. The zero-order valence-corrected chi connectivity index (χ0v) is 11.9. The van der Waals surface area contributed by atoms with Crippen molar-refractivity contribution in [1.29, 1.82) is 0 Å². The minimum Gasteiger partial charge on any atom is -0.733 e. The number of rotatable bonds is 5. The van der Waals surface area contributed by atoms with Crippen molar-refractivity contribution in [1.82, 2.24) is 0 Å². The molecule has 0 fully saturated rings. The molecule has 0 bridgehead atoms. The lowest BCUT2D eigenvalue weighted by molar-refractivity contribution is -0.384. The Bertz CT molecular complexity index is 789. The topological polar surface area (TPSA) is 124 Å². The second-order valence-electron chi connectivity index (χ2n) is 4.43. The van der Waals surface area contributed by atoms with Crippen molar-refractivity contribution in [3.63, 3.8) is 0 Å². The van der Waals surface area contributed by atoms with Crippen molar-refractivity contribution in [3.8, 4) is 0 Å². The highest BCUT2D eigenvalue weighted by molar-refractivity contribution is 7.90. The lowest BCUT2D eigenvalue weighted by Crippen LogP contribution is -2.14. The van der Waals surface area contributed by atoms with Gasteiger partial charge in [-0.1, -0.05) is 30.3 Å². The third kappa shape index (κ3) is 3.39. The molecule has 0 amide bonds. The Kier molecular flexibility index (Phi) is 4.40. The molecule has 0 saturated carbocycles. The van der Waals surface area contributed by atoms with Crippen LogP contribution in [0.1, 0.15) is 5.56 Å². The van der Waals surface area contributed by atoms with Gasteiger partial charge < -0.3 is 10.4 Å². The average molecular weight is 323 g/mol. The lowest BCUT2D eigenvalue weighted by atomic mass is 10.2. The van der Waals surface area contributed by atoms with E-state index < -0.39 is 42.0 Å². The lowest BCUT2D eigenvalue weighted by Gasteiger charge is -2.24. The van der Waals surface area contributed by atoms with Crippen LogP contribution >= 0.6 is 0 Å². The number of benzene rings is 2. The van der Waals surface area contributed by atoms with Gasteiger partial charge in [0.25, 0.3) is 5.69 Å². The number of anilines is 1. The number of sulfone groups is 1. The zero-order chi connectivity index (χ0) is 16.3. The molecule has 0 aliphatic heterocycles. The summed E-state index contributed by atoms with van der Waals surface area (Å²) in [5, 5.41) is 30.1. The molecule has 2 aromatic rings. The summed E-state index contributed by atoms with van der Waals surface area (Å²) in [6.07, 6.45) is 0. The predicted molar refractivity (Wildman–Crippen MR) is 78.1 cm³/mol. The van der Waals surface area contributed by atoms with E-state index in [0.29, 0.717) is 11.6 Å². The second kappa shape index (κ2) is 6.10. The van der Waals surface area contributed by atoms with Crippen molar-refractivity contribution < 1.29 is 18.5 Å². The van der Waals surface area contributed by atoms with Crippen LogP contribution in [0.25, 0.3) is 0 Å². The normalized spacial score (nSPS) is 11.2. The fraction of sp³-hybridized carbons (Fsp3) is 0.0769. The van der Waals surface area contributed by atoms with Crippen molar-refractivity contribution >= 4 is 21.2 Å². The van der Waals surface area contributed by atoms with Gasteiger partial charge in [-0.25, -0.2) is 8.42 Å². The fourth-order valence-electron chi connectivity index (χ4n) is 1.90. The molecule has 0 radical (unpaired) electrons. The molecule has 0 aliphatic carbocycles. The molecular formula is C13H11N2O6S-. The van der Waals surface area contributed by atoms with Crippen LogP contribution in [0, 0.1) is 15.3 Å². The zero-order valence-electron chi connectivity index (χ0n) is 11.1. The summed E-state index contributed by atoms with van der Waals surface area (Å²) in [6.45, 7) is 0. The first-order valence-electron chi connectivity index (χ1n) is 6.02. The molecule has 1 N–H and O–H groups in total. The molecule has 2 rings (SSSR count). The van der Waals surface area contributed by atoms with E-state index in [1.165, 1.54) is 0 Å². The SMILES string of the molecule is O=[N+]([O-])c1ccc(S(=O)(=O)Cc2ccccc2)c(N([O-])O)c1. The van der Waals surface area contributed by atoms with Crippen LogP contribution in [-0.2, 0) is 15.6 Å². The van der Waals surface area contributed by atoms with Crippen molar-refractivity contribution in [3.05, 3.63) is 69.4 Å². The van der Waals surface area contributed by atoms with Gasteiger partial charge in [0.15, 0.2) is 9.84 Å². The standard InChI is InChI=1S/C13H11N2O6S/c16-14(17)11-6-7-13(12(8-11)15(18)19)22(20,21)9-10-4-2-1-3-5-10/h1-8,18H,9H2/q-1. The molecule has 2 aromatic carbocycles. The van der Waals surface area contributed by atoms with Gasteiger partial charge in [0, 0.05) is 12.1 Å². The van der Waals surface area contributed by atoms with Gasteiger partial charge in [0.2, 0.25) is 0 Å². The quantitative estimate of drug-likeness (QED) is 0.661. The largest absolute Gasteiger partial charge is 0.733 e. The maximum atomic E-state index is 12.4. The van der Waals surface area contributed by atoms with E-state index in [2.05, 4.69) is 0 Å². The van der Waals surface area contributed by atoms with Crippen LogP contribution in [0.3, 0.4) is 0 Å². The molecular weight excluding hydrogens is 312 g/mol. The molecule has 0 unspecified atom stereocenters. The van der Waals surface area contributed by atoms with E-state index in [1.807, 2.05) is 0 Å². The van der Waals surface area contributed by atoms with Gasteiger partial charge in [0.05, 0.1) is 21.3 Å². The highest BCUT2D eigenvalue weighted by Crippen LogP contribution is 2.30. The van der Waals surface area contributed by atoms with Crippen molar-refractivity contribution in [2.24, 2.45) is 0 Å². The van der Waals surface area contributed by atoms with Crippen molar-refractivity contribution in [2.45, 2.75) is 10.6 Å². The molecule has 0 heterocycles. The smallest absolute Gasteiger partial charge is 0.271 e. The molecule has 22 heavy (non-hydrogen) atoms. The third-order valence-electron chi connectivity index (χ3n) is 2.89. The van der Waals surface area contributed by atoms with E-state index in [0.717, 1.165) is 12.1 Å². The van der Waals surface area contributed by atoms with Crippen LogP contribution in [-0.4, -0.2) is 18.5 Å². The first kappa shape index (κ1) is 15.9. The van der Waals surface area contributed by atoms with E-state index >= 15 is 0 Å². The Morgan fingerprint density at radius 2 is 1.77 bits per heavy atom. The maximum Gasteiger partial charge on any atom is 0.271 e. The van der Waals surface area contributed by atoms with Crippen LogP contribution in [0.2, 0.25) is 0 Å². The number of non-ortho nitro benzene ring substituents is 1. The number of hydrogen-bond acceptors (Lipinski definition) is 7. The van der Waals surface area contributed by atoms with E-state index in [9.17, 15) is 23.7 Å². The first-order valence-corrected chi connectivity index (χ1v) is 7.68. The summed E-state index contributed by atoms with van der Waals surface area (Å²) in [6, 6.07) is 10.8. The number of nitro benzene ring substituents is 1. The summed E-state index contributed by atoms with van der Waals surface area (Å²) in [4.78, 5) is 9.42. The van der Waals surface area contributed by atoms with Gasteiger partial charge in [-0.15, -0.1) is 0 Å². The highest BCUT2D eigenvalue weighted by Gasteiger charge is 2.22. The van der Waals surface area contributed by atoms with Gasteiger partial charge in [-0.05, 0) is 11.6 Å². The number of nitrogens with zero attached hydrogens (tertiary/aromatic N) is 2. The number of nitro groups is 1. The minimum absolute atomic E-state index is 0.396. The summed E-state index contributed by atoms with van der Waals surface area (Å²) < 4.78 is 24.7. The third-order valence-corrected chi connectivity index (χ3v) is 4.62. The van der Waals surface area contributed by atoms with Gasteiger partial charge >= 0.3 is 0 Å². The van der Waals surface area contributed by atoms with Gasteiger partial charge in [-0.3, -0.25) is 15.3 Å². The molecule has 116 valence electrons. The molecule has 8 nitrogen and oxygen atoms in total. The predicted octanol–water partition coefficient (Wildman–Crippen LogP) is 2.26. The Morgan fingerprint density at radius 3 is 2.32 bits per heavy atom. The molecule has 0 saturated heterocycles. The van der Waals surface area contributed by atoms with E-state index in [4.69, 9.17) is 5.21 Å². The molecule has 0 spiro atoms. The Balaban J connectivity index is 2.48. The highest BCUT2D eigenvalue weighted by atomic mass is 32.2. The van der Waals surface area contributed by atoms with E-state index in [-0.39, 0.29) is 0 Å². The van der Waals surface area contributed by atoms with Gasteiger partial charge in [0.1, 0.15) is 0 Å². The van der Waals surface area contributed by atoms with Crippen LogP contribution in [0.4, 0.5) is 11.4 Å². The Labute approximate surface area is 125 Å². The Hall–Kier alpha value is -2.49. The summed E-state index contributed by atoms with van der Waals surface area (Å²) >= 11 is 0. The summed E-state index contributed by atoms with van der Waals surface area (Å²) in [7, 11) is -3.96. The second-order valence-corrected chi connectivity index (χ2v) is 6.38. The van der Waals surface area contributed by atoms with Crippen LogP contribution < -0.4 is 5.23 Å². The van der Waals surface area contributed by atoms with Crippen molar-refractivity contribution in [2.75, 3.05) is 5.23 Å². The monoisotopic (exact) mass is 323 g/mol.